The molecule has 4 N–H and O–H groups in total. The summed E-state index contributed by atoms with van der Waals surface area (Å²) in [5.74, 6) is 0. The van der Waals surface area contributed by atoms with E-state index in [1.807, 2.05) is 18.3 Å². The topological polar surface area (TPSA) is 83.4 Å². The first-order chi connectivity index (χ1) is 7.36. The van der Waals surface area contributed by atoms with E-state index in [1.165, 1.54) is 0 Å². The van der Waals surface area contributed by atoms with E-state index in [4.69, 9.17) is 5.73 Å². The van der Waals surface area contributed by atoms with E-state index < -0.39 is 0 Å². The number of nitrogens with zero attached hydrogens (tertiary/aromatic N) is 2. The largest absolute Gasteiger partial charge is 0.396 e. The summed E-state index contributed by atoms with van der Waals surface area (Å²) in [6.07, 6.45) is 5.23. The van der Waals surface area contributed by atoms with Crippen LogP contribution < -0.4 is 5.73 Å². The van der Waals surface area contributed by atoms with Crippen LogP contribution in [0.25, 0.3) is 22.3 Å². The van der Waals surface area contributed by atoms with Gasteiger partial charge in [-0.1, -0.05) is 0 Å². The lowest BCUT2D eigenvalue weighted by molar-refractivity contribution is 1.10. The molecule has 3 rings (SSSR count). The lowest BCUT2D eigenvalue weighted by atomic mass is 10.1. The number of nitrogens with two attached hydrogens (primary N) is 1. The van der Waals surface area contributed by atoms with Gasteiger partial charge in [-0.25, -0.2) is 4.98 Å². The second-order valence-electron chi connectivity index (χ2n) is 3.30. The molecule has 0 aliphatic carbocycles. The third-order valence-corrected chi connectivity index (χ3v) is 2.39. The van der Waals surface area contributed by atoms with Crippen LogP contribution in [0.2, 0.25) is 0 Å². The van der Waals surface area contributed by atoms with Crippen LogP contribution in [0.1, 0.15) is 0 Å². The van der Waals surface area contributed by atoms with Crippen molar-refractivity contribution in [3.8, 4) is 11.3 Å². The van der Waals surface area contributed by atoms with Gasteiger partial charge in [-0.15, -0.1) is 0 Å². The molecule has 5 heteroatoms. The number of hydrogen-bond donors (Lipinski definition) is 3. The Hall–Kier alpha value is -2.30. The van der Waals surface area contributed by atoms with Crippen molar-refractivity contribution in [3.05, 3.63) is 30.7 Å². The minimum Gasteiger partial charge on any atom is -0.396 e. The van der Waals surface area contributed by atoms with Crippen LogP contribution in [0.15, 0.2) is 30.7 Å². The van der Waals surface area contributed by atoms with E-state index in [0.717, 1.165) is 22.3 Å². The van der Waals surface area contributed by atoms with E-state index >= 15 is 0 Å². The van der Waals surface area contributed by atoms with E-state index in [0.29, 0.717) is 5.69 Å². The molecule has 0 fully saturated rings. The summed E-state index contributed by atoms with van der Waals surface area (Å²) in [5.41, 5.74) is 9.10. The Morgan fingerprint density at radius 1 is 1.33 bits per heavy atom. The van der Waals surface area contributed by atoms with Crippen molar-refractivity contribution < 1.29 is 0 Å². The summed E-state index contributed by atoms with van der Waals surface area (Å²) in [5, 5.41) is 7.81. The van der Waals surface area contributed by atoms with Crippen molar-refractivity contribution in [2.45, 2.75) is 0 Å². The Morgan fingerprint density at radius 2 is 2.27 bits per heavy atom. The van der Waals surface area contributed by atoms with E-state index in [-0.39, 0.29) is 0 Å². The molecule has 0 atom stereocenters. The highest BCUT2D eigenvalue weighted by atomic mass is 15.1. The first-order valence-corrected chi connectivity index (χ1v) is 4.57. The quantitative estimate of drug-likeness (QED) is 0.555. The summed E-state index contributed by atoms with van der Waals surface area (Å²) in [7, 11) is 0. The smallest absolute Gasteiger partial charge is 0.137 e. The Labute approximate surface area is 85.3 Å². The first-order valence-electron chi connectivity index (χ1n) is 4.57. The van der Waals surface area contributed by atoms with Crippen molar-refractivity contribution in [2.75, 3.05) is 5.73 Å². The van der Waals surface area contributed by atoms with Crippen LogP contribution in [0.3, 0.4) is 0 Å². The van der Waals surface area contributed by atoms with Crippen molar-refractivity contribution in [1.82, 2.24) is 20.2 Å². The summed E-state index contributed by atoms with van der Waals surface area (Å²) in [4.78, 5) is 7.30. The van der Waals surface area contributed by atoms with E-state index in [2.05, 4.69) is 20.2 Å². The van der Waals surface area contributed by atoms with Gasteiger partial charge in [-0.05, 0) is 12.1 Å². The van der Waals surface area contributed by atoms with Crippen LogP contribution >= 0.6 is 0 Å². The Balaban J connectivity index is 2.32. The molecular weight excluding hydrogens is 190 g/mol. The normalized spacial score (nSPS) is 10.9. The highest BCUT2D eigenvalue weighted by molar-refractivity contribution is 5.95. The second-order valence-corrected chi connectivity index (χ2v) is 3.30. The monoisotopic (exact) mass is 199 g/mol. The standard InChI is InChI=1S/C10H9N5/c11-8-5-14-15-9(8)7-4-13-10-6(7)2-1-3-12-10/h1-5H,11H2,(H,12,13)(H,14,15). The summed E-state index contributed by atoms with van der Waals surface area (Å²) in [6, 6.07) is 3.89. The maximum Gasteiger partial charge on any atom is 0.137 e. The van der Waals surface area contributed by atoms with Gasteiger partial charge in [0, 0.05) is 23.3 Å². The van der Waals surface area contributed by atoms with E-state index in [1.54, 1.807) is 12.4 Å². The molecule has 15 heavy (non-hydrogen) atoms. The fourth-order valence-electron chi connectivity index (χ4n) is 1.67. The van der Waals surface area contributed by atoms with Gasteiger partial charge in [0.05, 0.1) is 17.6 Å². The number of aromatic nitrogens is 4. The number of H-pyrrole nitrogens is 2. The maximum atomic E-state index is 5.79. The zero-order valence-electron chi connectivity index (χ0n) is 7.86. The third-order valence-electron chi connectivity index (χ3n) is 2.39. The van der Waals surface area contributed by atoms with Crippen LogP contribution in [0.4, 0.5) is 5.69 Å². The molecule has 3 aromatic heterocycles. The van der Waals surface area contributed by atoms with Gasteiger partial charge in [0.25, 0.3) is 0 Å². The van der Waals surface area contributed by atoms with Gasteiger partial charge in [0.2, 0.25) is 0 Å². The summed E-state index contributed by atoms with van der Waals surface area (Å²) in [6.45, 7) is 0. The average molecular weight is 199 g/mol. The molecule has 5 nitrogen and oxygen atoms in total. The SMILES string of the molecule is Nc1cn[nH]c1-c1c[nH]c2ncccc12. The molecule has 3 heterocycles. The van der Waals surface area contributed by atoms with Gasteiger partial charge >= 0.3 is 0 Å². The van der Waals surface area contributed by atoms with E-state index in [9.17, 15) is 0 Å². The highest BCUT2D eigenvalue weighted by Gasteiger charge is 2.10. The molecule has 3 aromatic rings. The van der Waals surface area contributed by atoms with Crippen LogP contribution in [-0.2, 0) is 0 Å². The third kappa shape index (κ3) is 1.10. The lowest BCUT2D eigenvalue weighted by Gasteiger charge is -1.95. The second kappa shape index (κ2) is 2.84. The van der Waals surface area contributed by atoms with Gasteiger partial charge < -0.3 is 10.7 Å². The van der Waals surface area contributed by atoms with Crippen molar-refractivity contribution in [3.63, 3.8) is 0 Å². The predicted molar refractivity (Wildman–Crippen MR) is 58.1 cm³/mol. The number of nitrogen functional groups attached to an aromatic ring is 1. The molecule has 0 saturated carbocycles. The number of aromatic amines is 2. The Bertz CT molecular complexity index is 607. The molecule has 0 amide bonds. The minimum absolute atomic E-state index is 0.639. The fraction of sp³-hybridized carbons (Fsp3) is 0. The molecule has 0 aromatic carbocycles. The summed E-state index contributed by atoms with van der Waals surface area (Å²) < 4.78 is 0. The van der Waals surface area contributed by atoms with Crippen LogP contribution in [0, 0.1) is 0 Å². The molecule has 0 radical (unpaired) electrons. The zero-order chi connectivity index (χ0) is 10.3. The number of anilines is 1. The van der Waals surface area contributed by atoms with Gasteiger partial charge in [0.15, 0.2) is 0 Å². The highest BCUT2D eigenvalue weighted by Crippen LogP contribution is 2.29. The van der Waals surface area contributed by atoms with Crippen LogP contribution in [-0.4, -0.2) is 20.2 Å². The van der Waals surface area contributed by atoms with Gasteiger partial charge in [-0.3, -0.25) is 5.10 Å². The van der Waals surface area contributed by atoms with Crippen molar-refractivity contribution in [2.24, 2.45) is 0 Å². The predicted octanol–water partition coefficient (Wildman–Crippen LogP) is 1.54. The zero-order valence-corrected chi connectivity index (χ0v) is 7.86. The molecule has 0 saturated heterocycles. The van der Waals surface area contributed by atoms with Gasteiger partial charge in [-0.2, -0.15) is 5.10 Å². The number of hydrogen-bond acceptors (Lipinski definition) is 3. The molecular formula is C10H9N5. The Kier molecular flexibility index (Phi) is 1.53. The number of rotatable bonds is 1. The fourth-order valence-corrected chi connectivity index (χ4v) is 1.67. The molecule has 0 spiro atoms. The van der Waals surface area contributed by atoms with Crippen molar-refractivity contribution in [1.29, 1.82) is 0 Å². The van der Waals surface area contributed by atoms with Gasteiger partial charge in [0.1, 0.15) is 5.65 Å². The Morgan fingerprint density at radius 3 is 3.07 bits per heavy atom. The number of fused-ring (bicyclic) bond motifs is 1. The van der Waals surface area contributed by atoms with Crippen LogP contribution in [0.5, 0.6) is 0 Å². The minimum atomic E-state index is 0.639. The maximum absolute atomic E-state index is 5.79. The molecule has 0 unspecified atom stereocenters. The average Bonchev–Trinajstić information content (AvgIpc) is 2.83. The molecule has 74 valence electrons. The summed E-state index contributed by atoms with van der Waals surface area (Å²) >= 11 is 0. The first kappa shape index (κ1) is 8.05. The number of pyridine rings is 1. The molecule has 0 aliphatic heterocycles. The molecule has 0 bridgehead atoms. The number of nitrogens with one attached hydrogen (secondary N) is 2. The molecule has 0 aliphatic rings. The lowest BCUT2D eigenvalue weighted by Crippen LogP contribution is -1.85. The van der Waals surface area contributed by atoms with Crippen molar-refractivity contribution >= 4 is 16.7 Å².